The van der Waals surface area contributed by atoms with Crippen LogP contribution in [0, 0.1) is 0 Å². The summed E-state index contributed by atoms with van der Waals surface area (Å²) in [5, 5.41) is 23.7. The van der Waals surface area contributed by atoms with Gasteiger partial charge in [0, 0.05) is 26.3 Å². The smallest absolute Gasteiger partial charge is 0.339 e. The van der Waals surface area contributed by atoms with Crippen molar-refractivity contribution in [3.8, 4) is 0 Å². The van der Waals surface area contributed by atoms with E-state index in [0.717, 1.165) is 5.69 Å². The van der Waals surface area contributed by atoms with Gasteiger partial charge in [-0.05, 0) is 12.1 Å². The van der Waals surface area contributed by atoms with Crippen molar-refractivity contribution >= 4 is 5.97 Å². The summed E-state index contributed by atoms with van der Waals surface area (Å²) in [7, 11) is 1.71. The lowest BCUT2D eigenvalue weighted by Crippen LogP contribution is -2.18. The van der Waals surface area contributed by atoms with E-state index in [1.54, 1.807) is 24.0 Å². The van der Waals surface area contributed by atoms with E-state index in [0.29, 0.717) is 18.8 Å². The third-order valence-corrected chi connectivity index (χ3v) is 2.52. The molecule has 0 radical (unpaired) electrons. The van der Waals surface area contributed by atoms with Gasteiger partial charge in [-0.3, -0.25) is 4.68 Å². The number of carboxylic acids is 1. The van der Waals surface area contributed by atoms with Crippen LogP contribution in [0.1, 0.15) is 21.7 Å². The van der Waals surface area contributed by atoms with Crippen LogP contribution in [0.2, 0.25) is 0 Å². The van der Waals surface area contributed by atoms with E-state index in [2.05, 4.69) is 20.6 Å². The summed E-state index contributed by atoms with van der Waals surface area (Å²) < 4.78 is 1.55. The SMILES string of the molecule is Cn1ncc(C(=O)O)c1CNCc1cccnn1. The summed E-state index contributed by atoms with van der Waals surface area (Å²) in [5.74, 6) is -0.973. The zero-order valence-corrected chi connectivity index (χ0v) is 9.87. The number of carboxylic acid groups (broad SMARTS) is 1. The molecule has 0 spiro atoms. The Morgan fingerprint density at radius 1 is 1.50 bits per heavy atom. The molecule has 2 N–H and O–H groups in total. The minimum absolute atomic E-state index is 0.212. The van der Waals surface area contributed by atoms with Crippen LogP contribution >= 0.6 is 0 Å². The molecular weight excluding hydrogens is 234 g/mol. The zero-order chi connectivity index (χ0) is 13.0. The Morgan fingerprint density at radius 3 is 3.00 bits per heavy atom. The van der Waals surface area contributed by atoms with Crippen LogP contribution in [0.5, 0.6) is 0 Å². The maximum atomic E-state index is 11.0. The second-order valence-corrected chi connectivity index (χ2v) is 3.75. The van der Waals surface area contributed by atoms with Gasteiger partial charge in [0.05, 0.1) is 17.6 Å². The lowest BCUT2D eigenvalue weighted by molar-refractivity contribution is 0.0695. The summed E-state index contributed by atoms with van der Waals surface area (Å²) in [6.07, 6.45) is 2.95. The fourth-order valence-electron chi connectivity index (χ4n) is 1.59. The van der Waals surface area contributed by atoms with Crippen LogP contribution in [-0.2, 0) is 20.1 Å². The molecule has 0 aromatic carbocycles. The molecule has 0 unspecified atom stereocenters. The van der Waals surface area contributed by atoms with E-state index in [9.17, 15) is 4.79 Å². The molecule has 94 valence electrons. The van der Waals surface area contributed by atoms with E-state index in [1.807, 2.05) is 6.07 Å². The van der Waals surface area contributed by atoms with Crippen molar-refractivity contribution in [3.63, 3.8) is 0 Å². The van der Waals surface area contributed by atoms with Crippen molar-refractivity contribution < 1.29 is 9.90 Å². The van der Waals surface area contributed by atoms with Crippen LogP contribution < -0.4 is 5.32 Å². The second-order valence-electron chi connectivity index (χ2n) is 3.75. The van der Waals surface area contributed by atoms with Crippen molar-refractivity contribution in [2.75, 3.05) is 0 Å². The van der Waals surface area contributed by atoms with E-state index >= 15 is 0 Å². The van der Waals surface area contributed by atoms with E-state index in [-0.39, 0.29) is 5.56 Å². The first-order valence-corrected chi connectivity index (χ1v) is 5.40. The summed E-state index contributed by atoms with van der Waals surface area (Å²) in [5.41, 5.74) is 1.65. The molecule has 0 aliphatic rings. The normalized spacial score (nSPS) is 10.5. The van der Waals surface area contributed by atoms with Gasteiger partial charge < -0.3 is 10.4 Å². The average Bonchev–Trinajstić information content (AvgIpc) is 2.73. The first-order chi connectivity index (χ1) is 8.68. The van der Waals surface area contributed by atoms with E-state index in [1.165, 1.54) is 6.20 Å². The van der Waals surface area contributed by atoms with Gasteiger partial charge in [-0.2, -0.15) is 15.3 Å². The molecule has 0 amide bonds. The van der Waals surface area contributed by atoms with Crippen LogP contribution in [-0.4, -0.2) is 31.1 Å². The monoisotopic (exact) mass is 247 g/mol. The Balaban J connectivity index is 1.98. The molecule has 0 atom stereocenters. The fraction of sp³-hybridized carbons (Fsp3) is 0.273. The van der Waals surface area contributed by atoms with Crippen molar-refractivity contribution in [1.29, 1.82) is 0 Å². The summed E-state index contributed by atoms with van der Waals surface area (Å²) >= 11 is 0. The number of hydrogen-bond donors (Lipinski definition) is 2. The Kier molecular flexibility index (Phi) is 3.63. The molecule has 7 nitrogen and oxygen atoms in total. The predicted molar refractivity (Wildman–Crippen MR) is 62.7 cm³/mol. The van der Waals surface area contributed by atoms with Gasteiger partial charge in [0.1, 0.15) is 5.56 Å². The van der Waals surface area contributed by atoms with Gasteiger partial charge in [0.15, 0.2) is 0 Å². The number of aromatic nitrogens is 4. The Labute approximate surface area is 103 Å². The number of carbonyl (C=O) groups is 1. The molecular formula is C11H13N5O2. The minimum Gasteiger partial charge on any atom is -0.478 e. The number of hydrogen-bond acceptors (Lipinski definition) is 5. The molecule has 2 rings (SSSR count). The maximum Gasteiger partial charge on any atom is 0.339 e. The van der Waals surface area contributed by atoms with Crippen LogP contribution in [0.15, 0.2) is 24.5 Å². The van der Waals surface area contributed by atoms with Gasteiger partial charge in [-0.15, -0.1) is 0 Å². The highest BCUT2D eigenvalue weighted by Gasteiger charge is 2.14. The summed E-state index contributed by atoms with van der Waals surface area (Å²) in [6, 6.07) is 3.65. The number of aryl methyl sites for hydroxylation is 1. The molecule has 18 heavy (non-hydrogen) atoms. The molecule has 0 aliphatic carbocycles. The number of rotatable bonds is 5. The Hall–Kier alpha value is -2.28. The maximum absolute atomic E-state index is 11.0. The van der Waals surface area contributed by atoms with Gasteiger partial charge in [0.25, 0.3) is 0 Å². The van der Waals surface area contributed by atoms with E-state index < -0.39 is 5.97 Å². The molecule has 7 heteroatoms. The number of aromatic carboxylic acids is 1. The van der Waals surface area contributed by atoms with Gasteiger partial charge in [-0.1, -0.05) is 0 Å². The number of nitrogens with one attached hydrogen (secondary N) is 1. The average molecular weight is 247 g/mol. The topological polar surface area (TPSA) is 92.9 Å². The lowest BCUT2D eigenvalue weighted by Gasteiger charge is -2.05. The quantitative estimate of drug-likeness (QED) is 0.784. The standard InChI is InChI=1S/C11H13N5O2/c1-16-10(9(6-14-16)11(17)18)7-12-5-8-3-2-4-13-15-8/h2-4,6,12H,5,7H2,1H3,(H,17,18). The Bertz CT molecular complexity index is 538. The van der Waals surface area contributed by atoms with Crippen molar-refractivity contribution in [2.24, 2.45) is 7.05 Å². The highest BCUT2D eigenvalue weighted by molar-refractivity contribution is 5.88. The molecule has 2 heterocycles. The van der Waals surface area contributed by atoms with E-state index in [4.69, 9.17) is 5.11 Å². The van der Waals surface area contributed by atoms with Gasteiger partial charge >= 0.3 is 5.97 Å². The minimum atomic E-state index is -0.973. The third kappa shape index (κ3) is 2.69. The number of nitrogens with zero attached hydrogens (tertiary/aromatic N) is 4. The molecule has 0 saturated carbocycles. The van der Waals surface area contributed by atoms with Crippen molar-refractivity contribution in [1.82, 2.24) is 25.3 Å². The summed E-state index contributed by atoms with van der Waals surface area (Å²) in [6.45, 7) is 0.937. The first-order valence-electron chi connectivity index (χ1n) is 5.40. The van der Waals surface area contributed by atoms with Crippen LogP contribution in [0.4, 0.5) is 0 Å². The second kappa shape index (κ2) is 5.37. The summed E-state index contributed by atoms with van der Waals surface area (Å²) in [4.78, 5) is 11.0. The van der Waals surface area contributed by atoms with Crippen LogP contribution in [0.25, 0.3) is 0 Å². The highest BCUT2D eigenvalue weighted by atomic mass is 16.4. The fourth-order valence-corrected chi connectivity index (χ4v) is 1.59. The van der Waals surface area contributed by atoms with Crippen molar-refractivity contribution in [3.05, 3.63) is 41.5 Å². The molecule has 0 fully saturated rings. The Morgan fingerprint density at radius 2 is 2.33 bits per heavy atom. The van der Waals surface area contributed by atoms with Crippen LogP contribution in [0.3, 0.4) is 0 Å². The largest absolute Gasteiger partial charge is 0.478 e. The predicted octanol–water partition coefficient (Wildman–Crippen LogP) is 0.198. The van der Waals surface area contributed by atoms with Crippen molar-refractivity contribution in [2.45, 2.75) is 13.1 Å². The molecule has 0 saturated heterocycles. The highest BCUT2D eigenvalue weighted by Crippen LogP contribution is 2.07. The molecule has 0 bridgehead atoms. The lowest BCUT2D eigenvalue weighted by atomic mass is 10.2. The molecule has 0 aliphatic heterocycles. The molecule has 2 aromatic heterocycles. The zero-order valence-electron chi connectivity index (χ0n) is 9.87. The molecule has 2 aromatic rings. The third-order valence-electron chi connectivity index (χ3n) is 2.52. The first kappa shape index (κ1) is 12.2. The van der Waals surface area contributed by atoms with Gasteiger partial charge in [0.2, 0.25) is 0 Å². The van der Waals surface area contributed by atoms with Gasteiger partial charge in [-0.25, -0.2) is 4.79 Å².